The highest BCUT2D eigenvalue weighted by atomic mass is 16.5. The molecule has 0 spiro atoms. The molecule has 0 unspecified atom stereocenters. The molecule has 2 aromatic rings. The number of aryl methyl sites for hydroxylation is 1. The summed E-state index contributed by atoms with van der Waals surface area (Å²) in [6, 6.07) is 7.40. The maximum Gasteiger partial charge on any atom is 0.336 e. The monoisotopic (exact) mass is 289 g/mol. The summed E-state index contributed by atoms with van der Waals surface area (Å²) in [4.78, 5) is 11.4. The molecule has 3 rings (SSSR count). The van der Waals surface area contributed by atoms with E-state index < -0.39 is 6.10 Å². The zero-order valence-corrected chi connectivity index (χ0v) is 12.0. The number of hydrogen-bond acceptors (Lipinski definition) is 5. The number of nitrogens with one attached hydrogen (secondary N) is 1. The van der Waals surface area contributed by atoms with Crippen molar-refractivity contribution in [3.63, 3.8) is 0 Å². The summed E-state index contributed by atoms with van der Waals surface area (Å²) >= 11 is 0. The summed E-state index contributed by atoms with van der Waals surface area (Å²) in [5, 5.41) is 14.0. The van der Waals surface area contributed by atoms with E-state index in [0.717, 1.165) is 10.9 Å². The topological polar surface area (TPSA) is 71.7 Å². The van der Waals surface area contributed by atoms with Crippen LogP contribution in [0.5, 0.6) is 5.75 Å². The van der Waals surface area contributed by atoms with Gasteiger partial charge in [-0.15, -0.1) is 0 Å². The van der Waals surface area contributed by atoms with Crippen molar-refractivity contribution in [2.45, 2.75) is 31.9 Å². The van der Waals surface area contributed by atoms with Crippen LogP contribution in [0, 0.1) is 6.92 Å². The quantitative estimate of drug-likeness (QED) is 0.790. The molecule has 1 atom stereocenters. The first kappa shape index (κ1) is 14.1. The second kappa shape index (κ2) is 5.87. The van der Waals surface area contributed by atoms with Gasteiger partial charge in [-0.3, -0.25) is 0 Å². The van der Waals surface area contributed by atoms with Gasteiger partial charge in [0.05, 0.1) is 0 Å². The van der Waals surface area contributed by atoms with Crippen molar-refractivity contribution in [3.05, 3.63) is 40.2 Å². The summed E-state index contributed by atoms with van der Waals surface area (Å²) in [6.07, 6.45) is 1.83. The van der Waals surface area contributed by atoms with E-state index in [1.807, 2.05) is 19.1 Å². The molecule has 0 bridgehead atoms. The first-order valence-corrected chi connectivity index (χ1v) is 7.20. The van der Waals surface area contributed by atoms with Gasteiger partial charge in [-0.25, -0.2) is 4.79 Å². The van der Waals surface area contributed by atoms with E-state index in [4.69, 9.17) is 9.15 Å². The van der Waals surface area contributed by atoms with E-state index in [1.54, 1.807) is 6.07 Å². The number of benzene rings is 1. The van der Waals surface area contributed by atoms with Crippen molar-refractivity contribution in [2.75, 3.05) is 13.2 Å². The molecule has 1 fully saturated rings. The molecule has 112 valence electrons. The minimum atomic E-state index is -0.550. The van der Waals surface area contributed by atoms with E-state index in [1.165, 1.54) is 18.9 Å². The Kier molecular flexibility index (Phi) is 3.94. The Morgan fingerprint density at radius 1 is 1.43 bits per heavy atom. The fourth-order valence-electron chi connectivity index (χ4n) is 2.24. The van der Waals surface area contributed by atoms with Crippen LogP contribution in [0.3, 0.4) is 0 Å². The molecular formula is C16H19NO4. The molecule has 1 heterocycles. The molecule has 1 aromatic carbocycles. The normalized spacial score (nSPS) is 16.1. The van der Waals surface area contributed by atoms with Gasteiger partial charge in [0.25, 0.3) is 0 Å². The number of aliphatic hydroxyl groups excluding tert-OH is 1. The van der Waals surface area contributed by atoms with Gasteiger partial charge in [-0.05, 0) is 37.5 Å². The lowest BCUT2D eigenvalue weighted by atomic mass is 10.1. The second-order valence-corrected chi connectivity index (χ2v) is 5.55. The highest BCUT2D eigenvalue weighted by Gasteiger charge is 2.21. The number of aliphatic hydroxyl groups is 1. The summed E-state index contributed by atoms with van der Waals surface area (Å²) < 4.78 is 10.7. The van der Waals surface area contributed by atoms with Gasteiger partial charge in [0.15, 0.2) is 0 Å². The van der Waals surface area contributed by atoms with Crippen molar-refractivity contribution < 1.29 is 14.3 Å². The van der Waals surface area contributed by atoms with E-state index in [9.17, 15) is 9.90 Å². The zero-order chi connectivity index (χ0) is 14.8. The van der Waals surface area contributed by atoms with Gasteiger partial charge >= 0.3 is 5.63 Å². The van der Waals surface area contributed by atoms with Crippen molar-refractivity contribution in [1.82, 2.24) is 5.32 Å². The highest BCUT2D eigenvalue weighted by molar-refractivity contribution is 5.81. The highest BCUT2D eigenvalue weighted by Crippen LogP contribution is 2.22. The molecule has 1 aliphatic carbocycles. The number of hydrogen-bond donors (Lipinski definition) is 2. The summed E-state index contributed by atoms with van der Waals surface area (Å²) in [5.41, 5.74) is 1.01. The van der Waals surface area contributed by atoms with Crippen LogP contribution in [-0.2, 0) is 0 Å². The number of ether oxygens (including phenoxy) is 1. The Balaban J connectivity index is 1.64. The van der Waals surface area contributed by atoms with Crippen LogP contribution in [0.25, 0.3) is 11.0 Å². The average Bonchev–Trinajstić information content (AvgIpc) is 3.26. The van der Waals surface area contributed by atoms with Gasteiger partial charge in [0.2, 0.25) is 0 Å². The Morgan fingerprint density at radius 3 is 3.00 bits per heavy atom. The molecule has 0 aliphatic heterocycles. The second-order valence-electron chi connectivity index (χ2n) is 5.55. The lowest BCUT2D eigenvalue weighted by molar-refractivity contribution is 0.106. The van der Waals surface area contributed by atoms with Crippen molar-refractivity contribution in [3.8, 4) is 5.75 Å². The fraction of sp³-hybridized carbons (Fsp3) is 0.438. The van der Waals surface area contributed by atoms with Crippen LogP contribution in [0.4, 0.5) is 0 Å². The average molecular weight is 289 g/mol. The van der Waals surface area contributed by atoms with Crippen LogP contribution < -0.4 is 15.7 Å². The maximum absolute atomic E-state index is 11.4. The molecule has 21 heavy (non-hydrogen) atoms. The standard InChI is InChI=1S/C16H19NO4/c1-10-6-16(19)21-15-7-13(4-5-14(10)15)20-9-12(18)8-17-11-2-3-11/h4-7,11-12,17-18H,2-3,8-9H2,1H3/t12-/m0/s1. The third kappa shape index (κ3) is 3.62. The van der Waals surface area contributed by atoms with Crippen molar-refractivity contribution in [2.24, 2.45) is 0 Å². The largest absolute Gasteiger partial charge is 0.491 e. The molecule has 2 N–H and O–H groups in total. The number of fused-ring (bicyclic) bond motifs is 1. The van der Waals surface area contributed by atoms with Gasteiger partial charge in [-0.1, -0.05) is 0 Å². The van der Waals surface area contributed by atoms with Crippen molar-refractivity contribution >= 4 is 11.0 Å². The van der Waals surface area contributed by atoms with E-state index in [-0.39, 0.29) is 12.2 Å². The Bertz CT molecular complexity index is 690. The van der Waals surface area contributed by atoms with Gasteiger partial charge in [-0.2, -0.15) is 0 Å². The van der Waals surface area contributed by atoms with Gasteiger partial charge in [0, 0.05) is 30.1 Å². The molecule has 5 nitrogen and oxygen atoms in total. The molecule has 0 saturated heterocycles. The van der Waals surface area contributed by atoms with Crippen LogP contribution >= 0.6 is 0 Å². The van der Waals surface area contributed by atoms with Gasteiger partial charge < -0.3 is 19.6 Å². The first-order chi connectivity index (χ1) is 10.1. The number of rotatable bonds is 6. The summed E-state index contributed by atoms with van der Waals surface area (Å²) in [7, 11) is 0. The van der Waals surface area contributed by atoms with E-state index in [0.29, 0.717) is 23.9 Å². The van der Waals surface area contributed by atoms with Crippen LogP contribution in [0.1, 0.15) is 18.4 Å². The SMILES string of the molecule is Cc1cc(=O)oc2cc(OC[C@@H](O)CNC3CC3)ccc12. The zero-order valence-electron chi connectivity index (χ0n) is 12.0. The third-order valence-corrected chi connectivity index (χ3v) is 3.58. The molecule has 0 amide bonds. The predicted octanol–water partition coefficient (Wildman–Crippen LogP) is 1.59. The van der Waals surface area contributed by atoms with E-state index >= 15 is 0 Å². The molecular weight excluding hydrogens is 270 g/mol. The molecule has 1 aromatic heterocycles. The molecule has 0 radical (unpaired) electrons. The predicted molar refractivity (Wildman–Crippen MR) is 79.7 cm³/mol. The molecule has 1 aliphatic rings. The van der Waals surface area contributed by atoms with Crippen LogP contribution in [0.15, 0.2) is 33.5 Å². The lowest BCUT2D eigenvalue weighted by Crippen LogP contribution is -2.32. The van der Waals surface area contributed by atoms with Crippen molar-refractivity contribution in [1.29, 1.82) is 0 Å². The lowest BCUT2D eigenvalue weighted by Gasteiger charge is -2.13. The molecule has 1 saturated carbocycles. The Morgan fingerprint density at radius 2 is 2.24 bits per heavy atom. The maximum atomic E-state index is 11.4. The van der Waals surface area contributed by atoms with Crippen LogP contribution in [-0.4, -0.2) is 30.4 Å². The molecule has 5 heteroatoms. The minimum absolute atomic E-state index is 0.210. The first-order valence-electron chi connectivity index (χ1n) is 7.20. The summed E-state index contributed by atoms with van der Waals surface area (Å²) in [6.45, 7) is 2.61. The summed E-state index contributed by atoms with van der Waals surface area (Å²) in [5.74, 6) is 0.585. The smallest absolute Gasteiger partial charge is 0.336 e. The van der Waals surface area contributed by atoms with E-state index in [2.05, 4.69) is 5.32 Å². The van der Waals surface area contributed by atoms with Gasteiger partial charge in [0.1, 0.15) is 24.0 Å². The minimum Gasteiger partial charge on any atom is -0.491 e. The van der Waals surface area contributed by atoms with Crippen LogP contribution in [0.2, 0.25) is 0 Å². The fourth-order valence-corrected chi connectivity index (χ4v) is 2.24. The third-order valence-electron chi connectivity index (χ3n) is 3.58. The Labute approximate surface area is 122 Å². The Hall–Kier alpha value is -1.85.